The quantitative estimate of drug-likeness (QED) is 0.551. The molecule has 0 bridgehead atoms. The minimum absolute atomic E-state index is 0.250. The van der Waals surface area contributed by atoms with Crippen molar-refractivity contribution < 1.29 is 14.3 Å². The van der Waals surface area contributed by atoms with E-state index in [2.05, 4.69) is 5.32 Å². The molecule has 0 fully saturated rings. The van der Waals surface area contributed by atoms with Crippen LogP contribution >= 0.6 is 22.9 Å². The fourth-order valence-electron chi connectivity index (χ4n) is 2.76. The van der Waals surface area contributed by atoms with Gasteiger partial charge in [-0.2, -0.15) is 0 Å². The molecule has 6 heteroatoms. The van der Waals surface area contributed by atoms with Gasteiger partial charge < -0.3 is 10.1 Å². The summed E-state index contributed by atoms with van der Waals surface area (Å²) >= 11 is 7.34. The van der Waals surface area contributed by atoms with Crippen molar-refractivity contribution in [2.45, 2.75) is 13.8 Å². The van der Waals surface area contributed by atoms with Gasteiger partial charge in [-0.15, -0.1) is 11.3 Å². The van der Waals surface area contributed by atoms with Crippen molar-refractivity contribution in [3.8, 4) is 11.1 Å². The molecular formula is C21H18ClNO3S. The van der Waals surface area contributed by atoms with Crippen molar-refractivity contribution in [3.63, 3.8) is 0 Å². The molecule has 1 heterocycles. The number of thiophene rings is 1. The van der Waals surface area contributed by atoms with E-state index in [1.807, 2.05) is 25.1 Å². The molecule has 1 N–H and O–H groups in total. The summed E-state index contributed by atoms with van der Waals surface area (Å²) in [4.78, 5) is 26.1. The lowest BCUT2D eigenvalue weighted by molar-refractivity contribution is 0.0529. The smallest absolute Gasteiger partial charge is 0.341 e. The number of amides is 1. The minimum Gasteiger partial charge on any atom is -0.462 e. The summed E-state index contributed by atoms with van der Waals surface area (Å²) in [6.07, 6.45) is 0. The van der Waals surface area contributed by atoms with Gasteiger partial charge in [0.2, 0.25) is 0 Å². The Morgan fingerprint density at radius 2 is 1.74 bits per heavy atom. The zero-order valence-corrected chi connectivity index (χ0v) is 16.5. The second-order valence-electron chi connectivity index (χ2n) is 5.78. The molecule has 0 aliphatic rings. The van der Waals surface area contributed by atoms with Crippen LogP contribution in [-0.4, -0.2) is 18.5 Å². The van der Waals surface area contributed by atoms with E-state index < -0.39 is 5.97 Å². The fourth-order valence-corrected chi connectivity index (χ4v) is 3.95. The van der Waals surface area contributed by atoms with Crippen LogP contribution in [0.4, 0.5) is 5.00 Å². The first-order valence-electron chi connectivity index (χ1n) is 8.44. The Morgan fingerprint density at radius 3 is 2.37 bits per heavy atom. The molecule has 138 valence electrons. The molecule has 0 atom stereocenters. The van der Waals surface area contributed by atoms with Crippen molar-refractivity contribution in [1.82, 2.24) is 0 Å². The number of aryl methyl sites for hydroxylation is 1. The van der Waals surface area contributed by atoms with Crippen LogP contribution in [0.3, 0.4) is 0 Å². The van der Waals surface area contributed by atoms with Gasteiger partial charge in [0.25, 0.3) is 5.91 Å². The highest BCUT2D eigenvalue weighted by atomic mass is 35.5. The third-order valence-corrected chi connectivity index (χ3v) is 5.23. The van der Waals surface area contributed by atoms with Crippen LogP contribution in [0.1, 0.15) is 32.5 Å². The molecule has 0 aliphatic carbocycles. The number of nitrogens with one attached hydrogen (secondary N) is 1. The molecule has 0 unspecified atom stereocenters. The second kappa shape index (κ2) is 8.37. The molecule has 0 saturated heterocycles. The monoisotopic (exact) mass is 399 g/mol. The number of anilines is 1. The van der Waals surface area contributed by atoms with Gasteiger partial charge in [-0.1, -0.05) is 41.9 Å². The predicted molar refractivity (Wildman–Crippen MR) is 110 cm³/mol. The lowest BCUT2D eigenvalue weighted by atomic mass is 10.0. The van der Waals surface area contributed by atoms with E-state index in [1.165, 1.54) is 11.3 Å². The van der Waals surface area contributed by atoms with Gasteiger partial charge in [0.05, 0.1) is 6.61 Å². The maximum absolute atomic E-state index is 12.7. The van der Waals surface area contributed by atoms with Crippen LogP contribution in [0.2, 0.25) is 5.02 Å². The molecule has 3 rings (SSSR count). The molecule has 4 nitrogen and oxygen atoms in total. The Balaban J connectivity index is 2.06. The number of hydrogen-bond acceptors (Lipinski definition) is 4. The summed E-state index contributed by atoms with van der Waals surface area (Å²) in [7, 11) is 0. The normalized spacial score (nSPS) is 10.5. The lowest BCUT2D eigenvalue weighted by Gasteiger charge is -2.09. The summed E-state index contributed by atoms with van der Waals surface area (Å²) in [6, 6.07) is 16.1. The molecule has 0 aliphatic heterocycles. The van der Waals surface area contributed by atoms with Gasteiger partial charge in [-0.3, -0.25) is 4.79 Å². The maximum Gasteiger partial charge on any atom is 0.341 e. The molecule has 0 spiro atoms. The molecular weight excluding hydrogens is 382 g/mol. The average molecular weight is 400 g/mol. The highest BCUT2D eigenvalue weighted by Crippen LogP contribution is 2.40. The Hall–Kier alpha value is -2.63. The van der Waals surface area contributed by atoms with E-state index in [1.54, 1.807) is 43.3 Å². The van der Waals surface area contributed by atoms with E-state index in [9.17, 15) is 9.59 Å². The molecule has 0 saturated carbocycles. The number of carbonyl (C=O) groups is 2. The first kappa shape index (κ1) is 19.1. The largest absolute Gasteiger partial charge is 0.462 e. The summed E-state index contributed by atoms with van der Waals surface area (Å²) in [5.41, 5.74) is 2.48. The van der Waals surface area contributed by atoms with E-state index in [4.69, 9.17) is 16.3 Å². The SMILES string of the molecule is CCOC(=O)c1c(NC(=O)c2ccccc2)sc(C)c1-c1ccc(Cl)cc1. The van der Waals surface area contributed by atoms with Crippen LogP contribution in [-0.2, 0) is 4.74 Å². The standard InChI is InChI=1S/C21H18ClNO3S/c1-3-26-21(25)18-17(14-9-11-16(22)12-10-14)13(2)27-20(18)23-19(24)15-7-5-4-6-8-15/h4-12H,3H2,1-2H3,(H,23,24). The first-order chi connectivity index (χ1) is 13.0. The van der Waals surface area contributed by atoms with Gasteiger partial charge in [0.15, 0.2) is 0 Å². The number of carbonyl (C=O) groups excluding carboxylic acids is 2. The van der Waals surface area contributed by atoms with Gasteiger partial charge in [-0.25, -0.2) is 4.79 Å². The number of rotatable bonds is 5. The molecule has 27 heavy (non-hydrogen) atoms. The Labute approximate surface area is 166 Å². The summed E-state index contributed by atoms with van der Waals surface area (Å²) in [5, 5.41) is 3.95. The molecule has 3 aromatic rings. The lowest BCUT2D eigenvalue weighted by Crippen LogP contribution is -2.14. The van der Waals surface area contributed by atoms with Crippen LogP contribution < -0.4 is 5.32 Å². The maximum atomic E-state index is 12.7. The summed E-state index contributed by atoms with van der Waals surface area (Å²) < 4.78 is 5.25. The molecule has 1 amide bonds. The number of esters is 1. The molecule has 0 radical (unpaired) electrons. The number of benzene rings is 2. The van der Waals surface area contributed by atoms with Gasteiger partial charge in [0, 0.05) is 21.0 Å². The highest BCUT2D eigenvalue weighted by Gasteiger charge is 2.25. The van der Waals surface area contributed by atoms with Crippen molar-refractivity contribution in [3.05, 3.63) is 75.6 Å². The van der Waals surface area contributed by atoms with Crippen molar-refractivity contribution in [1.29, 1.82) is 0 Å². The zero-order chi connectivity index (χ0) is 19.4. The van der Waals surface area contributed by atoms with Crippen molar-refractivity contribution >= 4 is 39.8 Å². The molecule has 1 aromatic heterocycles. The van der Waals surface area contributed by atoms with Crippen LogP contribution in [0.15, 0.2) is 54.6 Å². The Bertz CT molecular complexity index is 965. The number of ether oxygens (including phenoxy) is 1. The highest BCUT2D eigenvalue weighted by molar-refractivity contribution is 7.17. The fraction of sp³-hybridized carbons (Fsp3) is 0.143. The Morgan fingerprint density at radius 1 is 1.07 bits per heavy atom. The minimum atomic E-state index is -0.463. The van der Waals surface area contributed by atoms with Crippen molar-refractivity contribution in [2.24, 2.45) is 0 Å². The van der Waals surface area contributed by atoms with Gasteiger partial charge >= 0.3 is 5.97 Å². The van der Waals surface area contributed by atoms with E-state index in [0.29, 0.717) is 21.2 Å². The molecule has 2 aromatic carbocycles. The van der Waals surface area contributed by atoms with Crippen molar-refractivity contribution in [2.75, 3.05) is 11.9 Å². The number of halogens is 1. The van der Waals surface area contributed by atoms with Gasteiger partial charge in [0.1, 0.15) is 10.6 Å². The number of hydrogen-bond donors (Lipinski definition) is 1. The van der Waals surface area contributed by atoms with Crippen LogP contribution in [0, 0.1) is 6.92 Å². The topological polar surface area (TPSA) is 55.4 Å². The third-order valence-electron chi connectivity index (χ3n) is 3.96. The second-order valence-corrected chi connectivity index (χ2v) is 7.45. The van der Waals surface area contributed by atoms with Crippen LogP contribution in [0.5, 0.6) is 0 Å². The van der Waals surface area contributed by atoms with E-state index >= 15 is 0 Å². The van der Waals surface area contributed by atoms with Gasteiger partial charge in [-0.05, 0) is 43.7 Å². The predicted octanol–water partition coefficient (Wildman–Crippen LogP) is 5.81. The average Bonchev–Trinajstić information content (AvgIpc) is 2.99. The van der Waals surface area contributed by atoms with Crippen LogP contribution in [0.25, 0.3) is 11.1 Å². The van der Waals surface area contributed by atoms with E-state index in [-0.39, 0.29) is 12.5 Å². The third kappa shape index (κ3) is 4.21. The zero-order valence-electron chi connectivity index (χ0n) is 14.9. The van der Waals surface area contributed by atoms with E-state index in [0.717, 1.165) is 16.0 Å². The Kier molecular flexibility index (Phi) is 5.94. The summed E-state index contributed by atoms with van der Waals surface area (Å²) in [6.45, 7) is 3.91. The summed E-state index contributed by atoms with van der Waals surface area (Å²) in [5.74, 6) is -0.736. The first-order valence-corrected chi connectivity index (χ1v) is 9.63.